The third-order valence-electron chi connectivity index (χ3n) is 2.14. The van der Waals surface area contributed by atoms with Gasteiger partial charge in [0.1, 0.15) is 11.9 Å². The van der Waals surface area contributed by atoms with E-state index in [0.717, 1.165) is 0 Å². The van der Waals surface area contributed by atoms with Crippen LogP contribution in [0.25, 0.3) is 0 Å². The minimum absolute atomic E-state index is 0.0178. The van der Waals surface area contributed by atoms with Crippen LogP contribution in [0.4, 0.5) is 4.39 Å². The van der Waals surface area contributed by atoms with Crippen LogP contribution in [0.2, 0.25) is 0 Å². The number of ether oxygens (including phenoxy) is 1. The molecule has 0 bridgehead atoms. The lowest BCUT2D eigenvalue weighted by atomic mass is 9.97. The van der Waals surface area contributed by atoms with Gasteiger partial charge in [0, 0.05) is 10.0 Å². The fraction of sp³-hybridized carbons (Fsp3) is 0.364. The number of hydrogen-bond donors (Lipinski definition) is 1. The summed E-state index contributed by atoms with van der Waals surface area (Å²) in [5.41, 5.74) is -1.24. The highest BCUT2D eigenvalue weighted by Crippen LogP contribution is 2.29. The first-order valence-electron chi connectivity index (χ1n) is 4.65. The molecule has 0 aromatic heterocycles. The van der Waals surface area contributed by atoms with Crippen molar-refractivity contribution in [2.75, 3.05) is 13.2 Å². The second-order valence-corrected chi connectivity index (χ2v) is 4.26. The molecule has 1 unspecified atom stereocenters. The monoisotopic (exact) mass is 287 g/mol. The van der Waals surface area contributed by atoms with Crippen molar-refractivity contribution in [3.05, 3.63) is 34.1 Å². The summed E-state index contributed by atoms with van der Waals surface area (Å²) >= 11 is 3.21. The van der Waals surface area contributed by atoms with Crippen molar-refractivity contribution in [2.24, 2.45) is 0 Å². The third-order valence-corrected chi connectivity index (χ3v) is 2.63. The highest BCUT2D eigenvalue weighted by molar-refractivity contribution is 9.10. The summed E-state index contributed by atoms with van der Waals surface area (Å²) in [4.78, 5) is 0. The van der Waals surface area contributed by atoms with Gasteiger partial charge in [-0.2, -0.15) is 5.26 Å². The Morgan fingerprint density at radius 2 is 2.31 bits per heavy atom. The fourth-order valence-corrected chi connectivity index (χ4v) is 1.64. The highest BCUT2D eigenvalue weighted by Gasteiger charge is 2.30. The average molecular weight is 288 g/mol. The van der Waals surface area contributed by atoms with Gasteiger partial charge in [-0.3, -0.25) is 0 Å². The van der Waals surface area contributed by atoms with Gasteiger partial charge in [-0.05, 0) is 25.1 Å². The molecule has 5 heteroatoms. The topological polar surface area (TPSA) is 53.2 Å². The minimum atomic E-state index is -1.39. The Balaban J connectivity index is 3.12. The molecular weight excluding hydrogens is 277 g/mol. The van der Waals surface area contributed by atoms with Gasteiger partial charge < -0.3 is 9.84 Å². The lowest BCUT2D eigenvalue weighted by Crippen LogP contribution is -2.26. The summed E-state index contributed by atoms with van der Waals surface area (Å²) in [5, 5.41) is 17.7. The van der Waals surface area contributed by atoms with E-state index in [0.29, 0.717) is 4.47 Å². The Morgan fingerprint density at radius 3 is 2.88 bits per heavy atom. The van der Waals surface area contributed by atoms with Crippen LogP contribution in [0, 0.1) is 17.1 Å². The van der Waals surface area contributed by atoms with Crippen LogP contribution in [-0.2, 0) is 10.3 Å². The Morgan fingerprint density at radius 1 is 1.62 bits per heavy atom. The molecule has 1 rings (SSSR count). The first-order chi connectivity index (χ1) is 7.53. The summed E-state index contributed by atoms with van der Waals surface area (Å²) in [6.07, 6.45) is 0. The molecule has 0 amide bonds. The fourth-order valence-electron chi connectivity index (χ4n) is 1.28. The summed E-state index contributed by atoms with van der Waals surface area (Å²) in [5.74, 6) is -0.509. The number of hydrogen-bond acceptors (Lipinski definition) is 3. The molecule has 86 valence electrons. The molecule has 0 aliphatic carbocycles. The highest BCUT2D eigenvalue weighted by atomic mass is 79.9. The van der Waals surface area contributed by atoms with E-state index in [-0.39, 0.29) is 18.8 Å². The Bertz CT molecular complexity index is 419. The van der Waals surface area contributed by atoms with Crippen LogP contribution < -0.4 is 0 Å². The zero-order valence-corrected chi connectivity index (χ0v) is 10.3. The van der Waals surface area contributed by atoms with Crippen molar-refractivity contribution >= 4 is 15.9 Å². The zero-order chi connectivity index (χ0) is 12.2. The molecule has 1 aromatic carbocycles. The predicted molar refractivity (Wildman–Crippen MR) is 60.1 cm³/mol. The number of aliphatic hydroxyl groups is 1. The molecule has 0 aliphatic heterocycles. The normalized spacial score (nSPS) is 14.2. The predicted octanol–water partition coefficient (Wildman–Crippen LogP) is 2.34. The van der Waals surface area contributed by atoms with Gasteiger partial charge >= 0.3 is 0 Å². The smallest absolute Gasteiger partial charge is 0.179 e. The Labute approximate surface area is 102 Å². The number of benzene rings is 1. The van der Waals surface area contributed by atoms with Crippen LogP contribution >= 0.6 is 15.9 Å². The van der Waals surface area contributed by atoms with Gasteiger partial charge in [-0.25, -0.2) is 4.39 Å². The molecule has 0 saturated heterocycles. The molecule has 16 heavy (non-hydrogen) atoms. The van der Waals surface area contributed by atoms with Gasteiger partial charge in [-0.1, -0.05) is 15.9 Å². The van der Waals surface area contributed by atoms with E-state index in [1.165, 1.54) is 19.1 Å². The number of rotatable bonds is 4. The van der Waals surface area contributed by atoms with Gasteiger partial charge in [0.15, 0.2) is 5.60 Å². The molecule has 1 atom stereocenters. The maximum absolute atomic E-state index is 13.6. The van der Waals surface area contributed by atoms with E-state index in [2.05, 4.69) is 15.9 Å². The molecule has 0 radical (unpaired) electrons. The molecule has 1 aromatic rings. The van der Waals surface area contributed by atoms with E-state index < -0.39 is 11.4 Å². The van der Waals surface area contributed by atoms with Crippen molar-refractivity contribution in [1.82, 2.24) is 0 Å². The SMILES string of the molecule is CC(C#N)(OCCO)c1cc(Br)ccc1F. The van der Waals surface area contributed by atoms with Crippen LogP contribution in [0.1, 0.15) is 12.5 Å². The van der Waals surface area contributed by atoms with Crippen molar-refractivity contribution in [3.63, 3.8) is 0 Å². The first kappa shape index (κ1) is 13.1. The Hall–Kier alpha value is -0.960. The van der Waals surface area contributed by atoms with Gasteiger partial charge in [0.25, 0.3) is 0 Å². The molecule has 0 spiro atoms. The van der Waals surface area contributed by atoms with E-state index in [9.17, 15) is 4.39 Å². The molecule has 0 aliphatic rings. The molecule has 1 N–H and O–H groups in total. The van der Waals surface area contributed by atoms with Crippen LogP contribution in [0.5, 0.6) is 0 Å². The Kier molecular flexibility index (Phi) is 4.42. The summed E-state index contributed by atoms with van der Waals surface area (Å²) in [6, 6.07) is 6.20. The van der Waals surface area contributed by atoms with Crippen molar-refractivity contribution in [2.45, 2.75) is 12.5 Å². The van der Waals surface area contributed by atoms with Crippen molar-refractivity contribution in [1.29, 1.82) is 5.26 Å². The van der Waals surface area contributed by atoms with E-state index >= 15 is 0 Å². The summed E-state index contributed by atoms with van der Waals surface area (Å²) in [6.45, 7) is 1.23. The summed E-state index contributed by atoms with van der Waals surface area (Å²) < 4.78 is 19.4. The second-order valence-electron chi connectivity index (χ2n) is 3.34. The maximum atomic E-state index is 13.6. The number of halogens is 2. The molecule has 0 saturated carbocycles. The standard InChI is InChI=1S/C11H11BrFNO2/c1-11(7-14,16-5-4-15)9-6-8(12)2-3-10(9)13/h2-3,6,15H,4-5H2,1H3. The first-order valence-corrected chi connectivity index (χ1v) is 5.44. The van der Waals surface area contributed by atoms with Crippen LogP contribution in [0.15, 0.2) is 22.7 Å². The van der Waals surface area contributed by atoms with Crippen molar-refractivity contribution < 1.29 is 14.2 Å². The van der Waals surface area contributed by atoms with Gasteiger partial charge in [-0.15, -0.1) is 0 Å². The number of aliphatic hydroxyl groups excluding tert-OH is 1. The quantitative estimate of drug-likeness (QED) is 0.925. The number of nitriles is 1. The maximum Gasteiger partial charge on any atom is 0.179 e. The van der Waals surface area contributed by atoms with E-state index in [4.69, 9.17) is 15.1 Å². The van der Waals surface area contributed by atoms with Gasteiger partial charge in [0.05, 0.1) is 13.2 Å². The third kappa shape index (κ3) is 2.79. The van der Waals surface area contributed by atoms with Crippen molar-refractivity contribution in [3.8, 4) is 6.07 Å². The lowest BCUT2D eigenvalue weighted by molar-refractivity contribution is -0.0127. The van der Waals surface area contributed by atoms with E-state index in [1.807, 2.05) is 6.07 Å². The van der Waals surface area contributed by atoms with Crippen LogP contribution in [-0.4, -0.2) is 18.3 Å². The number of nitrogens with zero attached hydrogens (tertiary/aromatic N) is 1. The zero-order valence-electron chi connectivity index (χ0n) is 8.70. The molecule has 0 fully saturated rings. The summed E-state index contributed by atoms with van der Waals surface area (Å²) in [7, 11) is 0. The molecular formula is C11H11BrFNO2. The molecule has 0 heterocycles. The largest absolute Gasteiger partial charge is 0.394 e. The lowest BCUT2D eigenvalue weighted by Gasteiger charge is -2.23. The minimum Gasteiger partial charge on any atom is -0.394 e. The van der Waals surface area contributed by atoms with E-state index in [1.54, 1.807) is 6.07 Å². The van der Waals surface area contributed by atoms with Crippen LogP contribution in [0.3, 0.4) is 0 Å². The molecule has 3 nitrogen and oxygen atoms in total. The second kappa shape index (κ2) is 5.39. The average Bonchev–Trinajstić information content (AvgIpc) is 2.29. The van der Waals surface area contributed by atoms with Gasteiger partial charge in [0.2, 0.25) is 0 Å².